The van der Waals surface area contributed by atoms with Crippen LogP contribution in [0, 0.1) is 0 Å². The Hall–Kier alpha value is -2.17. The molecular formula is C19H24N2O2. The van der Waals surface area contributed by atoms with Gasteiger partial charge in [-0.05, 0) is 25.0 Å². The van der Waals surface area contributed by atoms with E-state index < -0.39 is 11.9 Å². The summed E-state index contributed by atoms with van der Waals surface area (Å²) in [6.07, 6.45) is 0. The van der Waals surface area contributed by atoms with Gasteiger partial charge >= 0.3 is 0 Å². The molecule has 0 radical (unpaired) electrons. The van der Waals surface area contributed by atoms with Crippen LogP contribution >= 0.6 is 0 Å². The molecule has 2 aromatic carbocycles. The minimum absolute atomic E-state index is 0.237. The molecule has 0 aliphatic heterocycles. The third-order valence-corrected chi connectivity index (χ3v) is 3.77. The summed E-state index contributed by atoms with van der Waals surface area (Å²) in [7, 11) is 0. The van der Waals surface area contributed by atoms with E-state index >= 15 is 0 Å². The molecule has 0 aromatic heterocycles. The van der Waals surface area contributed by atoms with Gasteiger partial charge in [0.2, 0.25) is 5.91 Å². The molecule has 0 unspecified atom stereocenters. The number of amides is 1. The standard InChI is InChI=1S/C19H24N2O2/c1-19(2,16-11-7-4-8-12-16)21-17(18(20)22)14-23-13-15-9-5-3-6-10-15/h3-12,17,21H,13-14H2,1-2H3,(H2,20,22)/t17-/m0/s1. The van der Waals surface area contributed by atoms with Gasteiger partial charge in [0.15, 0.2) is 0 Å². The maximum Gasteiger partial charge on any atom is 0.236 e. The van der Waals surface area contributed by atoms with Gasteiger partial charge in [-0.3, -0.25) is 10.1 Å². The van der Waals surface area contributed by atoms with E-state index in [4.69, 9.17) is 10.5 Å². The highest BCUT2D eigenvalue weighted by Crippen LogP contribution is 2.20. The average molecular weight is 312 g/mol. The second-order valence-corrected chi connectivity index (χ2v) is 6.09. The Morgan fingerprint density at radius 2 is 1.65 bits per heavy atom. The topological polar surface area (TPSA) is 64.3 Å². The lowest BCUT2D eigenvalue weighted by Crippen LogP contribution is -2.52. The van der Waals surface area contributed by atoms with Gasteiger partial charge in [-0.2, -0.15) is 0 Å². The fraction of sp³-hybridized carbons (Fsp3) is 0.316. The first-order valence-corrected chi connectivity index (χ1v) is 7.73. The molecule has 2 rings (SSSR count). The van der Waals surface area contributed by atoms with Crippen molar-refractivity contribution in [3.05, 3.63) is 71.8 Å². The van der Waals surface area contributed by atoms with Crippen LogP contribution in [0.1, 0.15) is 25.0 Å². The van der Waals surface area contributed by atoms with E-state index in [1.165, 1.54) is 0 Å². The van der Waals surface area contributed by atoms with Crippen molar-refractivity contribution >= 4 is 5.91 Å². The molecule has 0 bridgehead atoms. The van der Waals surface area contributed by atoms with Gasteiger partial charge in [-0.15, -0.1) is 0 Å². The predicted octanol–water partition coefficient (Wildman–Crippen LogP) is 2.58. The maximum atomic E-state index is 11.7. The predicted molar refractivity (Wildman–Crippen MR) is 91.7 cm³/mol. The van der Waals surface area contributed by atoms with Crippen molar-refractivity contribution in [3.63, 3.8) is 0 Å². The van der Waals surface area contributed by atoms with E-state index in [0.29, 0.717) is 6.61 Å². The molecule has 4 heteroatoms. The van der Waals surface area contributed by atoms with Crippen molar-refractivity contribution < 1.29 is 9.53 Å². The first kappa shape index (κ1) is 17.2. The van der Waals surface area contributed by atoms with Crippen LogP contribution in [0.2, 0.25) is 0 Å². The van der Waals surface area contributed by atoms with E-state index in [0.717, 1.165) is 11.1 Å². The van der Waals surface area contributed by atoms with Crippen molar-refractivity contribution in [2.24, 2.45) is 5.73 Å². The van der Waals surface area contributed by atoms with Gasteiger partial charge in [0.25, 0.3) is 0 Å². The quantitative estimate of drug-likeness (QED) is 0.787. The monoisotopic (exact) mass is 312 g/mol. The van der Waals surface area contributed by atoms with E-state index in [9.17, 15) is 4.79 Å². The number of hydrogen-bond acceptors (Lipinski definition) is 3. The van der Waals surface area contributed by atoms with E-state index in [-0.39, 0.29) is 12.1 Å². The number of carbonyl (C=O) groups is 1. The summed E-state index contributed by atoms with van der Waals surface area (Å²) in [4.78, 5) is 11.7. The number of benzene rings is 2. The van der Waals surface area contributed by atoms with Crippen LogP contribution in [0.5, 0.6) is 0 Å². The highest BCUT2D eigenvalue weighted by Gasteiger charge is 2.27. The normalized spacial score (nSPS) is 12.8. The van der Waals surface area contributed by atoms with E-state index in [1.807, 2.05) is 74.5 Å². The molecule has 3 N–H and O–H groups in total. The van der Waals surface area contributed by atoms with Gasteiger partial charge in [-0.1, -0.05) is 60.7 Å². The number of nitrogens with two attached hydrogens (primary N) is 1. The number of ether oxygens (including phenoxy) is 1. The van der Waals surface area contributed by atoms with Crippen LogP contribution in [0.4, 0.5) is 0 Å². The van der Waals surface area contributed by atoms with Crippen LogP contribution < -0.4 is 11.1 Å². The van der Waals surface area contributed by atoms with Crippen molar-refractivity contribution in [2.75, 3.05) is 6.61 Å². The number of nitrogens with one attached hydrogen (secondary N) is 1. The third-order valence-electron chi connectivity index (χ3n) is 3.77. The van der Waals surface area contributed by atoms with Crippen molar-refractivity contribution in [1.82, 2.24) is 5.32 Å². The maximum absolute atomic E-state index is 11.7. The van der Waals surface area contributed by atoms with Crippen LogP contribution in [0.3, 0.4) is 0 Å². The molecule has 1 atom stereocenters. The van der Waals surface area contributed by atoms with Crippen molar-refractivity contribution in [2.45, 2.75) is 32.0 Å². The minimum atomic E-state index is -0.547. The number of hydrogen-bond donors (Lipinski definition) is 2. The molecule has 122 valence electrons. The smallest absolute Gasteiger partial charge is 0.236 e. The molecule has 23 heavy (non-hydrogen) atoms. The highest BCUT2D eigenvalue weighted by molar-refractivity contribution is 5.80. The Morgan fingerprint density at radius 1 is 1.09 bits per heavy atom. The van der Waals surface area contributed by atoms with Gasteiger partial charge in [0.05, 0.1) is 13.2 Å². The molecular weight excluding hydrogens is 288 g/mol. The number of primary amides is 1. The molecule has 0 saturated heterocycles. The molecule has 4 nitrogen and oxygen atoms in total. The van der Waals surface area contributed by atoms with Crippen LogP contribution in [-0.4, -0.2) is 18.6 Å². The number of carbonyl (C=O) groups excluding carboxylic acids is 1. The Balaban J connectivity index is 1.95. The first-order valence-electron chi connectivity index (χ1n) is 7.73. The van der Waals surface area contributed by atoms with Crippen LogP contribution in [-0.2, 0) is 21.7 Å². The van der Waals surface area contributed by atoms with Crippen LogP contribution in [0.15, 0.2) is 60.7 Å². The zero-order valence-electron chi connectivity index (χ0n) is 13.7. The van der Waals surface area contributed by atoms with Gasteiger partial charge in [-0.25, -0.2) is 0 Å². The Labute approximate surface area is 137 Å². The Kier molecular flexibility index (Phi) is 5.90. The fourth-order valence-electron chi connectivity index (χ4n) is 2.44. The van der Waals surface area contributed by atoms with Crippen molar-refractivity contribution in [1.29, 1.82) is 0 Å². The molecule has 0 aliphatic carbocycles. The summed E-state index contributed by atoms with van der Waals surface area (Å²) in [5.41, 5.74) is 7.30. The van der Waals surface area contributed by atoms with Gasteiger partial charge in [0.1, 0.15) is 6.04 Å². The fourth-order valence-corrected chi connectivity index (χ4v) is 2.44. The summed E-state index contributed by atoms with van der Waals surface area (Å²) in [5, 5.41) is 3.30. The average Bonchev–Trinajstić information content (AvgIpc) is 2.55. The SMILES string of the molecule is CC(C)(N[C@@H](COCc1ccccc1)C(N)=O)c1ccccc1. The summed E-state index contributed by atoms with van der Waals surface area (Å²) in [6.45, 7) is 4.74. The number of rotatable bonds is 8. The minimum Gasteiger partial charge on any atom is -0.375 e. The first-order chi connectivity index (χ1) is 11.0. The molecule has 1 amide bonds. The lowest BCUT2D eigenvalue weighted by atomic mass is 9.93. The molecule has 0 aliphatic rings. The second-order valence-electron chi connectivity index (χ2n) is 6.09. The largest absolute Gasteiger partial charge is 0.375 e. The third kappa shape index (κ3) is 5.20. The summed E-state index contributed by atoms with van der Waals surface area (Å²) < 4.78 is 5.66. The Bertz CT molecular complexity index is 612. The summed E-state index contributed by atoms with van der Waals surface area (Å²) >= 11 is 0. The molecule has 0 heterocycles. The zero-order chi connectivity index (χ0) is 16.7. The summed E-state index contributed by atoms with van der Waals surface area (Å²) in [5.74, 6) is -0.415. The molecule has 2 aromatic rings. The van der Waals surface area contributed by atoms with Crippen molar-refractivity contribution in [3.8, 4) is 0 Å². The van der Waals surface area contributed by atoms with Gasteiger partial charge < -0.3 is 10.5 Å². The zero-order valence-corrected chi connectivity index (χ0v) is 13.7. The summed E-state index contributed by atoms with van der Waals surface area (Å²) in [6, 6.07) is 19.3. The van der Waals surface area contributed by atoms with Gasteiger partial charge in [0, 0.05) is 5.54 Å². The molecule has 0 spiro atoms. The molecule has 0 fully saturated rings. The second kappa shape index (κ2) is 7.90. The lowest BCUT2D eigenvalue weighted by Gasteiger charge is -2.31. The molecule has 0 saturated carbocycles. The van der Waals surface area contributed by atoms with Crippen LogP contribution in [0.25, 0.3) is 0 Å². The highest BCUT2D eigenvalue weighted by atomic mass is 16.5. The van der Waals surface area contributed by atoms with E-state index in [1.54, 1.807) is 0 Å². The Morgan fingerprint density at radius 3 is 2.22 bits per heavy atom. The lowest BCUT2D eigenvalue weighted by molar-refractivity contribution is -0.122. The van der Waals surface area contributed by atoms with E-state index in [2.05, 4.69) is 5.32 Å².